The zero-order valence-electron chi connectivity index (χ0n) is 10.5. The van der Waals surface area contributed by atoms with Gasteiger partial charge in [-0.15, -0.1) is 5.10 Å². The first-order valence-corrected chi connectivity index (χ1v) is 7.71. The lowest BCUT2D eigenvalue weighted by molar-refractivity contribution is 0.456. The normalized spacial score (nSPS) is 12.0. The SMILES string of the molecule is CN(Cc1ccccc1)S(=O)(=O)c1c(Br)nnn1C. The molecule has 0 unspecified atom stereocenters. The fraction of sp³-hybridized carbons (Fsp3) is 0.273. The minimum Gasteiger partial charge on any atom is -0.235 e. The van der Waals surface area contributed by atoms with Gasteiger partial charge in [-0.25, -0.2) is 13.1 Å². The van der Waals surface area contributed by atoms with Gasteiger partial charge in [0, 0.05) is 20.6 Å². The Morgan fingerprint density at radius 3 is 2.47 bits per heavy atom. The highest BCUT2D eigenvalue weighted by Gasteiger charge is 2.28. The lowest BCUT2D eigenvalue weighted by Crippen LogP contribution is -2.28. The van der Waals surface area contributed by atoms with Gasteiger partial charge in [0.1, 0.15) is 0 Å². The van der Waals surface area contributed by atoms with Gasteiger partial charge in [0.25, 0.3) is 10.0 Å². The molecule has 2 aromatic rings. The molecule has 0 spiro atoms. The summed E-state index contributed by atoms with van der Waals surface area (Å²) in [6.45, 7) is 0.292. The van der Waals surface area contributed by atoms with Crippen LogP contribution in [0.2, 0.25) is 0 Å². The van der Waals surface area contributed by atoms with Gasteiger partial charge < -0.3 is 0 Å². The van der Waals surface area contributed by atoms with Gasteiger partial charge in [0.15, 0.2) is 4.60 Å². The first-order valence-electron chi connectivity index (χ1n) is 5.48. The van der Waals surface area contributed by atoms with E-state index in [0.717, 1.165) is 5.56 Å². The van der Waals surface area contributed by atoms with Crippen LogP contribution in [0.3, 0.4) is 0 Å². The predicted octanol–water partition coefficient (Wildman–Crippen LogP) is 1.40. The van der Waals surface area contributed by atoms with E-state index in [9.17, 15) is 8.42 Å². The molecule has 0 atom stereocenters. The van der Waals surface area contributed by atoms with E-state index in [0.29, 0.717) is 6.54 Å². The Morgan fingerprint density at radius 1 is 1.32 bits per heavy atom. The average Bonchev–Trinajstić information content (AvgIpc) is 2.70. The summed E-state index contributed by atoms with van der Waals surface area (Å²) in [5.41, 5.74) is 0.917. The van der Waals surface area contributed by atoms with Crippen molar-refractivity contribution in [3.63, 3.8) is 0 Å². The van der Waals surface area contributed by atoms with E-state index in [-0.39, 0.29) is 9.63 Å². The standard InChI is InChI=1S/C11H13BrN4O2S/c1-15(8-9-6-4-3-5-7-9)19(17,18)11-10(12)13-14-16(11)2/h3-7H,8H2,1-2H3. The molecule has 6 nitrogen and oxygen atoms in total. The number of aryl methyl sites for hydroxylation is 1. The topological polar surface area (TPSA) is 68.1 Å². The summed E-state index contributed by atoms with van der Waals surface area (Å²) in [4.78, 5) is 0. The highest BCUT2D eigenvalue weighted by atomic mass is 79.9. The first-order chi connectivity index (χ1) is 8.93. The number of sulfonamides is 1. The highest BCUT2D eigenvalue weighted by molar-refractivity contribution is 9.10. The summed E-state index contributed by atoms with van der Waals surface area (Å²) < 4.78 is 27.6. The number of rotatable bonds is 4. The van der Waals surface area contributed by atoms with E-state index < -0.39 is 10.0 Å². The number of aromatic nitrogens is 3. The molecule has 1 aromatic carbocycles. The van der Waals surface area contributed by atoms with Crippen molar-refractivity contribution in [2.75, 3.05) is 7.05 Å². The Morgan fingerprint density at radius 2 is 1.95 bits per heavy atom. The van der Waals surface area contributed by atoms with Gasteiger partial charge in [-0.05, 0) is 21.5 Å². The van der Waals surface area contributed by atoms with Crippen LogP contribution in [0.5, 0.6) is 0 Å². The Balaban J connectivity index is 2.30. The van der Waals surface area contributed by atoms with Gasteiger partial charge in [-0.1, -0.05) is 35.5 Å². The summed E-state index contributed by atoms with van der Waals surface area (Å²) in [5, 5.41) is 7.43. The second kappa shape index (κ2) is 5.40. The lowest BCUT2D eigenvalue weighted by Gasteiger charge is -2.17. The predicted molar refractivity (Wildman–Crippen MR) is 73.8 cm³/mol. The molecule has 2 rings (SSSR count). The van der Waals surface area contributed by atoms with Crippen molar-refractivity contribution in [3.8, 4) is 0 Å². The minimum atomic E-state index is -3.63. The molecule has 0 aliphatic heterocycles. The number of hydrogen-bond acceptors (Lipinski definition) is 4. The summed E-state index contributed by atoms with van der Waals surface area (Å²) in [7, 11) is -0.559. The highest BCUT2D eigenvalue weighted by Crippen LogP contribution is 2.22. The van der Waals surface area contributed by atoms with Crippen LogP contribution in [-0.4, -0.2) is 34.8 Å². The van der Waals surface area contributed by atoms with Crippen LogP contribution in [0.25, 0.3) is 0 Å². The third-order valence-corrected chi connectivity index (χ3v) is 5.33. The van der Waals surface area contributed by atoms with Gasteiger partial charge in [-0.3, -0.25) is 0 Å². The molecule has 0 aliphatic carbocycles. The average molecular weight is 345 g/mol. The maximum absolute atomic E-state index is 12.4. The molecule has 0 saturated carbocycles. The molecule has 0 N–H and O–H groups in total. The molecule has 0 fully saturated rings. The fourth-order valence-corrected chi connectivity index (χ4v) is 3.85. The van der Waals surface area contributed by atoms with Crippen LogP contribution < -0.4 is 0 Å². The molecule has 19 heavy (non-hydrogen) atoms. The van der Waals surface area contributed by atoms with Crippen LogP contribution in [0.15, 0.2) is 40.0 Å². The third-order valence-electron chi connectivity index (χ3n) is 2.64. The minimum absolute atomic E-state index is 0.0472. The zero-order chi connectivity index (χ0) is 14.0. The number of nitrogens with zero attached hydrogens (tertiary/aromatic N) is 4. The zero-order valence-corrected chi connectivity index (χ0v) is 12.9. The van der Waals surface area contributed by atoms with Gasteiger partial charge in [0.2, 0.25) is 5.03 Å². The van der Waals surface area contributed by atoms with E-state index in [4.69, 9.17) is 0 Å². The molecule has 1 aromatic heterocycles. The number of benzene rings is 1. The van der Waals surface area contributed by atoms with Crippen molar-refractivity contribution in [1.29, 1.82) is 0 Å². The Hall–Kier alpha value is -1.25. The van der Waals surface area contributed by atoms with E-state index in [1.54, 1.807) is 7.05 Å². The van der Waals surface area contributed by atoms with Crippen LogP contribution in [0.1, 0.15) is 5.56 Å². The van der Waals surface area contributed by atoms with Crippen LogP contribution in [-0.2, 0) is 23.6 Å². The van der Waals surface area contributed by atoms with Crippen molar-refractivity contribution < 1.29 is 8.42 Å². The Labute approximate surface area is 120 Å². The molecule has 0 saturated heterocycles. The van der Waals surface area contributed by atoms with Gasteiger partial charge in [-0.2, -0.15) is 4.31 Å². The molecule has 0 amide bonds. The molecule has 0 aliphatic rings. The van der Waals surface area contributed by atoms with E-state index in [2.05, 4.69) is 26.2 Å². The molecule has 0 bridgehead atoms. The van der Waals surface area contributed by atoms with Crippen molar-refractivity contribution in [1.82, 2.24) is 19.3 Å². The fourth-order valence-electron chi connectivity index (χ4n) is 1.67. The summed E-state index contributed by atoms with van der Waals surface area (Å²) in [6, 6.07) is 9.39. The molecular formula is C11H13BrN4O2S. The summed E-state index contributed by atoms with van der Waals surface area (Å²) >= 11 is 3.11. The van der Waals surface area contributed by atoms with E-state index >= 15 is 0 Å². The van der Waals surface area contributed by atoms with E-state index in [1.807, 2.05) is 30.3 Å². The smallest absolute Gasteiger partial charge is 0.235 e. The number of halogens is 1. The number of hydrogen-bond donors (Lipinski definition) is 0. The van der Waals surface area contributed by atoms with Gasteiger partial charge >= 0.3 is 0 Å². The molecule has 102 valence electrons. The quantitative estimate of drug-likeness (QED) is 0.840. The lowest BCUT2D eigenvalue weighted by atomic mass is 10.2. The second-order valence-electron chi connectivity index (χ2n) is 4.06. The largest absolute Gasteiger partial charge is 0.263 e. The monoisotopic (exact) mass is 344 g/mol. The first kappa shape index (κ1) is 14.2. The van der Waals surface area contributed by atoms with Crippen molar-refractivity contribution in [2.24, 2.45) is 7.05 Å². The van der Waals surface area contributed by atoms with Crippen LogP contribution in [0.4, 0.5) is 0 Å². The second-order valence-corrected chi connectivity index (χ2v) is 6.77. The summed E-state index contributed by atoms with van der Waals surface area (Å²) in [5.74, 6) is 0. The molecule has 1 heterocycles. The van der Waals surface area contributed by atoms with Crippen LogP contribution in [0, 0.1) is 0 Å². The van der Waals surface area contributed by atoms with Crippen molar-refractivity contribution >= 4 is 26.0 Å². The maximum Gasteiger partial charge on any atom is 0.263 e. The molecule has 0 radical (unpaired) electrons. The van der Waals surface area contributed by atoms with E-state index in [1.165, 1.54) is 16.0 Å². The Bertz CT molecular complexity index is 650. The van der Waals surface area contributed by atoms with Crippen molar-refractivity contribution in [3.05, 3.63) is 40.5 Å². The van der Waals surface area contributed by atoms with Gasteiger partial charge in [0.05, 0.1) is 0 Å². The summed E-state index contributed by atoms with van der Waals surface area (Å²) in [6.07, 6.45) is 0. The molecular weight excluding hydrogens is 332 g/mol. The van der Waals surface area contributed by atoms with Crippen LogP contribution >= 0.6 is 15.9 Å². The third kappa shape index (κ3) is 2.85. The maximum atomic E-state index is 12.4. The molecule has 8 heteroatoms. The van der Waals surface area contributed by atoms with Crippen molar-refractivity contribution in [2.45, 2.75) is 11.6 Å². The Kier molecular flexibility index (Phi) is 4.02.